The van der Waals surface area contributed by atoms with Gasteiger partial charge in [0.2, 0.25) is 0 Å². The van der Waals surface area contributed by atoms with E-state index in [2.05, 4.69) is 5.32 Å². The van der Waals surface area contributed by atoms with Crippen molar-refractivity contribution in [3.8, 4) is 17.1 Å². The lowest BCUT2D eigenvalue weighted by Gasteiger charge is -2.05. The molecule has 0 spiro atoms. The zero-order valence-electron chi connectivity index (χ0n) is 14.6. The molecule has 5 nitrogen and oxygen atoms in total. The van der Waals surface area contributed by atoms with E-state index >= 15 is 0 Å². The second kappa shape index (κ2) is 7.70. The SMILES string of the molecule is COc1ccc(CNC(=O)c2ccc(-c3ccc(C(C)=O)cc3)o2)cc1. The van der Waals surface area contributed by atoms with Gasteiger partial charge >= 0.3 is 0 Å². The van der Waals surface area contributed by atoms with Crippen LogP contribution in [0.25, 0.3) is 11.3 Å². The molecule has 0 aliphatic rings. The number of Topliss-reactive ketones (excluding diaryl/α,β-unsaturated/α-hetero) is 1. The van der Waals surface area contributed by atoms with E-state index in [4.69, 9.17) is 9.15 Å². The van der Waals surface area contributed by atoms with E-state index in [1.54, 1.807) is 43.5 Å². The molecule has 2 aromatic carbocycles. The Morgan fingerprint density at radius 3 is 2.27 bits per heavy atom. The monoisotopic (exact) mass is 349 g/mol. The summed E-state index contributed by atoms with van der Waals surface area (Å²) >= 11 is 0. The summed E-state index contributed by atoms with van der Waals surface area (Å²) in [6.45, 7) is 1.92. The van der Waals surface area contributed by atoms with Crippen molar-refractivity contribution in [2.75, 3.05) is 7.11 Å². The predicted molar refractivity (Wildman–Crippen MR) is 98.3 cm³/mol. The maximum absolute atomic E-state index is 12.3. The number of hydrogen-bond donors (Lipinski definition) is 1. The van der Waals surface area contributed by atoms with E-state index < -0.39 is 0 Å². The van der Waals surface area contributed by atoms with Gasteiger partial charge < -0.3 is 14.5 Å². The van der Waals surface area contributed by atoms with Crippen LogP contribution in [0.5, 0.6) is 5.75 Å². The van der Waals surface area contributed by atoms with Gasteiger partial charge in [-0.25, -0.2) is 0 Å². The summed E-state index contributed by atoms with van der Waals surface area (Å²) in [6.07, 6.45) is 0. The number of amides is 1. The minimum absolute atomic E-state index is 0.00888. The van der Waals surface area contributed by atoms with Crippen molar-refractivity contribution in [2.45, 2.75) is 13.5 Å². The van der Waals surface area contributed by atoms with E-state index in [1.165, 1.54) is 6.92 Å². The van der Waals surface area contributed by atoms with Crippen molar-refractivity contribution >= 4 is 11.7 Å². The molecule has 0 bridgehead atoms. The van der Waals surface area contributed by atoms with Crippen molar-refractivity contribution in [3.63, 3.8) is 0 Å². The molecular formula is C21H19NO4. The van der Waals surface area contributed by atoms with Gasteiger partial charge in [0.25, 0.3) is 5.91 Å². The Labute approximate surface area is 151 Å². The highest BCUT2D eigenvalue weighted by molar-refractivity contribution is 5.94. The summed E-state index contributed by atoms with van der Waals surface area (Å²) in [4.78, 5) is 23.6. The molecule has 0 aliphatic carbocycles. The number of nitrogens with one attached hydrogen (secondary N) is 1. The molecule has 1 amide bonds. The first kappa shape index (κ1) is 17.5. The lowest BCUT2D eigenvalue weighted by Crippen LogP contribution is -2.22. The minimum Gasteiger partial charge on any atom is -0.497 e. The molecule has 0 unspecified atom stereocenters. The number of hydrogen-bond acceptors (Lipinski definition) is 4. The van der Waals surface area contributed by atoms with Crippen LogP contribution in [-0.2, 0) is 6.54 Å². The summed E-state index contributed by atoms with van der Waals surface area (Å²) in [5, 5.41) is 2.82. The molecule has 3 aromatic rings. The van der Waals surface area contributed by atoms with Gasteiger partial charge in [-0.3, -0.25) is 9.59 Å². The lowest BCUT2D eigenvalue weighted by atomic mass is 10.1. The van der Waals surface area contributed by atoms with Gasteiger partial charge in [-0.15, -0.1) is 0 Å². The molecular weight excluding hydrogens is 330 g/mol. The fourth-order valence-corrected chi connectivity index (χ4v) is 2.50. The Hall–Kier alpha value is -3.34. The predicted octanol–water partition coefficient (Wildman–Crippen LogP) is 4.09. The summed E-state index contributed by atoms with van der Waals surface area (Å²) < 4.78 is 10.7. The standard InChI is InChI=1S/C21H19NO4/c1-14(23)16-5-7-17(8-6-16)19-11-12-20(26-19)21(24)22-13-15-3-9-18(25-2)10-4-15/h3-12H,13H2,1-2H3,(H,22,24). The van der Waals surface area contributed by atoms with Crippen LogP contribution in [0, 0.1) is 0 Å². The smallest absolute Gasteiger partial charge is 0.287 e. The van der Waals surface area contributed by atoms with E-state index in [1.807, 2.05) is 24.3 Å². The maximum Gasteiger partial charge on any atom is 0.287 e. The Balaban J connectivity index is 1.64. The zero-order chi connectivity index (χ0) is 18.5. The van der Waals surface area contributed by atoms with E-state index in [-0.39, 0.29) is 17.5 Å². The molecule has 0 saturated heterocycles. The van der Waals surface area contributed by atoms with Crippen LogP contribution in [-0.4, -0.2) is 18.8 Å². The molecule has 1 N–H and O–H groups in total. The van der Waals surface area contributed by atoms with Crippen LogP contribution < -0.4 is 10.1 Å². The molecule has 5 heteroatoms. The first-order valence-corrected chi connectivity index (χ1v) is 8.19. The first-order valence-electron chi connectivity index (χ1n) is 8.19. The highest BCUT2D eigenvalue weighted by atomic mass is 16.5. The number of benzene rings is 2. The van der Waals surface area contributed by atoms with Gasteiger partial charge in [0, 0.05) is 17.7 Å². The molecule has 1 aromatic heterocycles. The molecule has 132 valence electrons. The second-order valence-electron chi connectivity index (χ2n) is 5.83. The quantitative estimate of drug-likeness (QED) is 0.681. The average molecular weight is 349 g/mol. The normalized spacial score (nSPS) is 10.4. The third kappa shape index (κ3) is 4.00. The van der Waals surface area contributed by atoms with Crippen LogP contribution in [0.2, 0.25) is 0 Å². The molecule has 26 heavy (non-hydrogen) atoms. The Kier molecular flexibility index (Phi) is 5.17. The molecule has 0 fully saturated rings. The van der Waals surface area contributed by atoms with Gasteiger partial charge in [-0.2, -0.15) is 0 Å². The van der Waals surface area contributed by atoms with Gasteiger partial charge in [-0.05, 0) is 36.8 Å². The first-order chi connectivity index (χ1) is 12.6. The molecule has 1 heterocycles. The number of rotatable bonds is 6. The fraction of sp³-hybridized carbons (Fsp3) is 0.143. The summed E-state index contributed by atoms with van der Waals surface area (Å²) in [5.74, 6) is 1.31. The van der Waals surface area contributed by atoms with Crippen molar-refractivity contribution < 1.29 is 18.7 Å². The number of furan rings is 1. The van der Waals surface area contributed by atoms with E-state index in [9.17, 15) is 9.59 Å². The Morgan fingerprint density at radius 2 is 1.65 bits per heavy atom. The van der Waals surface area contributed by atoms with Crippen LogP contribution in [0.1, 0.15) is 33.4 Å². The Morgan fingerprint density at radius 1 is 0.962 bits per heavy atom. The number of ketones is 1. The van der Waals surface area contributed by atoms with Crippen molar-refractivity contribution in [1.82, 2.24) is 5.32 Å². The average Bonchev–Trinajstić information content (AvgIpc) is 3.17. The number of carbonyl (C=O) groups excluding carboxylic acids is 2. The highest BCUT2D eigenvalue weighted by Gasteiger charge is 2.12. The van der Waals surface area contributed by atoms with Crippen molar-refractivity contribution in [1.29, 1.82) is 0 Å². The number of ether oxygens (including phenoxy) is 1. The largest absolute Gasteiger partial charge is 0.497 e. The number of carbonyl (C=O) groups is 2. The summed E-state index contributed by atoms with van der Waals surface area (Å²) in [6, 6.07) is 17.9. The zero-order valence-corrected chi connectivity index (χ0v) is 14.6. The molecule has 0 saturated carbocycles. The van der Waals surface area contributed by atoms with Crippen molar-refractivity contribution in [2.24, 2.45) is 0 Å². The molecule has 3 rings (SSSR count). The summed E-state index contributed by atoms with van der Waals surface area (Å²) in [5.41, 5.74) is 2.41. The van der Waals surface area contributed by atoms with E-state index in [0.717, 1.165) is 16.9 Å². The fourth-order valence-electron chi connectivity index (χ4n) is 2.50. The summed E-state index contributed by atoms with van der Waals surface area (Å²) in [7, 11) is 1.61. The van der Waals surface area contributed by atoms with Crippen LogP contribution >= 0.6 is 0 Å². The van der Waals surface area contributed by atoms with Crippen LogP contribution in [0.15, 0.2) is 65.1 Å². The van der Waals surface area contributed by atoms with Crippen LogP contribution in [0.3, 0.4) is 0 Å². The van der Waals surface area contributed by atoms with E-state index in [0.29, 0.717) is 17.9 Å². The van der Waals surface area contributed by atoms with Gasteiger partial charge in [0.05, 0.1) is 7.11 Å². The third-order valence-electron chi connectivity index (χ3n) is 4.02. The topological polar surface area (TPSA) is 68.5 Å². The third-order valence-corrected chi connectivity index (χ3v) is 4.02. The number of methoxy groups -OCH3 is 1. The van der Waals surface area contributed by atoms with Gasteiger partial charge in [0.15, 0.2) is 11.5 Å². The maximum atomic E-state index is 12.3. The Bertz CT molecular complexity index is 908. The van der Waals surface area contributed by atoms with Gasteiger partial charge in [-0.1, -0.05) is 36.4 Å². The lowest BCUT2D eigenvalue weighted by molar-refractivity contribution is 0.0923. The molecule has 0 atom stereocenters. The minimum atomic E-state index is -0.285. The highest BCUT2D eigenvalue weighted by Crippen LogP contribution is 2.23. The second-order valence-corrected chi connectivity index (χ2v) is 5.83. The van der Waals surface area contributed by atoms with Crippen LogP contribution in [0.4, 0.5) is 0 Å². The molecule has 0 radical (unpaired) electrons. The van der Waals surface area contributed by atoms with Gasteiger partial charge in [0.1, 0.15) is 11.5 Å². The van der Waals surface area contributed by atoms with Crippen molar-refractivity contribution in [3.05, 3.63) is 77.6 Å². The molecule has 0 aliphatic heterocycles.